The van der Waals surface area contributed by atoms with E-state index in [4.69, 9.17) is 11.6 Å². The minimum atomic E-state index is -0.204. The molecule has 3 aromatic rings. The van der Waals surface area contributed by atoms with E-state index in [1.165, 1.54) is 25.2 Å². The Kier molecular flexibility index (Phi) is 5.29. The Morgan fingerprint density at radius 3 is 2.50 bits per heavy atom. The highest BCUT2D eigenvalue weighted by molar-refractivity contribution is 7.19. The van der Waals surface area contributed by atoms with Crippen LogP contribution in [-0.2, 0) is 9.59 Å². The molecule has 6 nitrogen and oxygen atoms in total. The number of pyridine rings is 1. The van der Waals surface area contributed by atoms with Gasteiger partial charge in [-0.05, 0) is 18.2 Å². The molecule has 26 heavy (non-hydrogen) atoms. The van der Waals surface area contributed by atoms with Gasteiger partial charge in [-0.1, -0.05) is 41.1 Å². The minimum absolute atomic E-state index is 0.192. The SMILES string of the molecule is CC(=O)Nc1cc(-c2nc(-c3ccccc3Cl)c(NC(C)=O)s2)ccn1. The van der Waals surface area contributed by atoms with Crippen molar-refractivity contribution >= 4 is 45.6 Å². The highest BCUT2D eigenvalue weighted by Gasteiger charge is 2.17. The molecule has 2 heterocycles. The zero-order chi connectivity index (χ0) is 18.7. The van der Waals surface area contributed by atoms with E-state index in [0.29, 0.717) is 26.5 Å². The predicted octanol–water partition coefficient (Wildman–Crippen LogP) is 4.44. The van der Waals surface area contributed by atoms with Crippen LogP contribution < -0.4 is 10.6 Å². The van der Waals surface area contributed by atoms with Crippen LogP contribution in [0.3, 0.4) is 0 Å². The Hall–Kier alpha value is -2.77. The van der Waals surface area contributed by atoms with E-state index in [1.807, 2.05) is 18.2 Å². The molecule has 132 valence electrons. The van der Waals surface area contributed by atoms with Crippen molar-refractivity contribution < 1.29 is 9.59 Å². The molecule has 0 fully saturated rings. The summed E-state index contributed by atoms with van der Waals surface area (Å²) < 4.78 is 0. The van der Waals surface area contributed by atoms with Crippen LogP contribution in [-0.4, -0.2) is 21.8 Å². The summed E-state index contributed by atoms with van der Waals surface area (Å²) in [5, 5.41) is 7.29. The quantitative estimate of drug-likeness (QED) is 0.694. The van der Waals surface area contributed by atoms with Gasteiger partial charge in [0.25, 0.3) is 0 Å². The van der Waals surface area contributed by atoms with Crippen LogP contribution in [0.4, 0.5) is 10.8 Å². The molecule has 1 aromatic carbocycles. The Labute approximate surface area is 159 Å². The molecule has 0 saturated carbocycles. The summed E-state index contributed by atoms with van der Waals surface area (Å²) >= 11 is 7.63. The van der Waals surface area contributed by atoms with Gasteiger partial charge in [0.15, 0.2) is 0 Å². The number of carbonyl (C=O) groups is 2. The van der Waals surface area contributed by atoms with Crippen molar-refractivity contribution in [3.63, 3.8) is 0 Å². The van der Waals surface area contributed by atoms with Crippen LogP contribution in [0.1, 0.15) is 13.8 Å². The molecule has 0 saturated heterocycles. The van der Waals surface area contributed by atoms with E-state index in [2.05, 4.69) is 20.6 Å². The smallest absolute Gasteiger partial charge is 0.222 e. The lowest BCUT2D eigenvalue weighted by molar-refractivity contribution is -0.115. The number of anilines is 2. The summed E-state index contributed by atoms with van der Waals surface area (Å²) in [6.07, 6.45) is 1.59. The van der Waals surface area contributed by atoms with Gasteiger partial charge in [0.1, 0.15) is 21.5 Å². The third-order valence-corrected chi connectivity index (χ3v) is 4.71. The molecule has 0 unspecified atom stereocenters. The topological polar surface area (TPSA) is 84.0 Å². The van der Waals surface area contributed by atoms with E-state index < -0.39 is 0 Å². The fourth-order valence-electron chi connectivity index (χ4n) is 2.34. The molecule has 0 radical (unpaired) electrons. The lowest BCUT2D eigenvalue weighted by Gasteiger charge is -2.04. The number of carbonyl (C=O) groups excluding carboxylic acids is 2. The van der Waals surface area contributed by atoms with Gasteiger partial charge in [0.2, 0.25) is 11.8 Å². The number of hydrogen-bond donors (Lipinski definition) is 2. The molecule has 2 amide bonds. The molecule has 8 heteroatoms. The second-order valence-corrected chi connectivity index (χ2v) is 6.87. The first-order chi connectivity index (χ1) is 12.4. The van der Waals surface area contributed by atoms with E-state index >= 15 is 0 Å². The molecule has 0 aliphatic heterocycles. The normalized spacial score (nSPS) is 10.4. The highest BCUT2D eigenvalue weighted by Crippen LogP contribution is 2.40. The van der Waals surface area contributed by atoms with Crippen LogP contribution in [0.5, 0.6) is 0 Å². The van der Waals surface area contributed by atoms with Crippen molar-refractivity contribution in [1.82, 2.24) is 9.97 Å². The van der Waals surface area contributed by atoms with Crippen LogP contribution in [0.2, 0.25) is 5.02 Å². The number of rotatable bonds is 4. The fourth-order valence-corrected chi connectivity index (χ4v) is 3.58. The van der Waals surface area contributed by atoms with Crippen LogP contribution >= 0.6 is 22.9 Å². The summed E-state index contributed by atoms with van der Waals surface area (Å²) in [7, 11) is 0. The number of aromatic nitrogens is 2. The zero-order valence-electron chi connectivity index (χ0n) is 14.0. The molecular formula is C18H15ClN4O2S. The van der Waals surface area contributed by atoms with Gasteiger partial charge in [-0.15, -0.1) is 0 Å². The number of thiazole rings is 1. The van der Waals surface area contributed by atoms with Gasteiger partial charge >= 0.3 is 0 Å². The standard InChI is InChI=1S/C18H15ClN4O2S/c1-10(24)21-15-9-12(7-8-20-15)17-23-16(18(26-17)22-11(2)25)13-5-3-4-6-14(13)19/h3-9H,1-2H3,(H,22,25)(H,20,21,24). The third-order valence-electron chi connectivity index (χ3n) is 3.36. The van der Waals surface area contributed by atoms with Crippen LogP contribution in [0, 0.1) is 0 Å². The average Bonchev–Trinajstić information content (AvgIpc) is 2.98. The monoisotopic (exact) mass is 386 g/mol. The Morgan fingerprint density at radius 2 is 1.81 bits per heavy atom. The first-order valence-corrected chi connectivity index (χ1v) is 8.91. The third kappa shape index (κ3) is 4.07. The largest absolute Gasteiger partial charge is 0.316 e. The maximum atomic E-state index is 11.6. The van der Waals surface area contributed by atoms with Crippen molar-refractivity contribution in [3.8, 4) is 21.8 Å². The number of halogens is 1. The van der Waals surface area contributed by atoms with Gasteiger partial charge < -0.3 is 10.6 Å². The molecule has 0 atom stereocenters. The van der Waals surface area contributed by atoms with E-state index in [0.717, 1.165) is 11.1 Å². The van der Waals surface area contributed by atoms with E-state index in [9.17, 15) is 9.59 Å². The molecule has 0 aliphatic carbocycles. The Balaban J connectivity index is 2.08. The van der Waals surface area contributed by atoms with Crippen molar-refractivity contribution in [2.45, 2.75) is 13.8 Å². The predicted molar refractivity (Wildman–Crippen MR) is 104 cm³/mol. The van der Waals surface area contributed by atoms with E-state index in [1.54, 1.807) is 24.4 Å². The fraction of sp³-hybridized carbons (Fsp3) is 0.111. The molecule has 2 aromatic heterocycles. The number of hydrogen-bond acceptors (Lipinski definition) is 5. The van der Waals surface area contributed by atoms with Crippen LogP contribution in [0.25, 0.3) is 21.8 Å². The van der Waals surface area contributed by atoms with Crippen molar-refractivity contribution in [3.05, 3.63) is 47.6 Å². The average molecular weight is 387 g/mol. The zero-order valence-corrected chi connectivity index (χ0v) is 15.6. The molecule has 0 bridgehead atoms. The number of nitrogens with zero attached hydrogens (tertiary/aromatic N) is 2. The molecule has 3 rings (SSSR count). The van der Waals surface area contributed by atoms with Crippen molar-refractivity contribution in [2.75, 3.05) is 10.6 Å². The molecule has 0 aliphatic rings. The highest BCUT2D eigenvalue weighted by atomic mass is 35.5. The maximum Gasteiger partial charge on any atom is 0.222 e. The Bertz CT molecular complexity index is 987. The van der Waals surface area contributed by atoms with Gasteiger partial charge in [-0.3, -0.25) is 9.59 Å². The summed E-state index contributed by atoms with van der Waals surface area (Å²) in [6, 6.07) is 10.8. The van der Waals surface area contributed by atoms with E-state index in [-0.39, 0.29) is 11.8 Å². The lowest BCUT2D eigenvalue weighted by Crippen LogP contribution is -2.07. The summed E-state index contributed by atoms with van der Waals surface area (Å²) in [6.45, 7) is 2.86. The Morgan fingerprint density at radius 1 is 1.08 bits per heavy atom. The number of nitrogens with one attached hydrogen (secondary N) is 2. The second-order valence-electron chi connectivity index (χ2n) is 5.47. The lowest BCUT2D eigenvalue weighted by atomic mass is 10.1. The first kappa shape index (κ1) is 18.0. The molecule has 2 N–H and O–H groups in total. The first-order valence-electron chi connectivity index (χ1n) is 7.71. The van der Waals surface area contributed by atoms with Crippen molar-refractivity contribution in [2.24, 2.45) is 0 Å². The summed E-state index contributed by atoms with van der Waals surface area (Å²) in [4.78, 5) is 31.6. The van der Waals surface area contributed by atoms with Gasteiger partial charge in [-0.2, -0.15) is 0 Å². The molecule has 0 spiro atoms. The summed E-state index contributed by atoms with van der Waals surface area (Å²) in [5.74, 6) is 0.0391. The number of benzene rings is 1. The van der Waals surface area contributed by atoms with Gasteiger partial charge in [0.05, 0.1) is 5.02 Å². The second kappa shape index (κ2) is 7.63. The van der Waals surface area contributed by atoms with Crippen molar-refractivity contribution in [1.29, 1.82) is 0 Å². The summed E-state index contributed by atoms with van der Waals surface area (Å²) in [5.41, 5.74) is 2.11. The minimum Gasteiger partial charge on any atom is -0.316 e. The number of amides is 2. The molecular weight excluding hydrogens is 372 g/mol. The van der Waals surface area contributed by atoms with Gasteiger partial charge in [-0.25, -0.2) is 9.97 Å². The maximum absolute atomic E-state index is 11.6. The van der Waals surface area contributed by atoms with Gasteiger partial charge in [0, 0.05) is 31.2 Å². The van der Waals surface area contributed by atoms with Crippen LogP contribution in [0.15, 0.2) is 42.6 Å².